The third kappa shape index (κ3) is 15.7. The van der Waals surface area contributed by atoms with Crippen molar-refractivity contribution in [3.8, 4) is 0 Å². The van der Waals surface area contributed by atoms with Gasteiger partial charge in [0.25, 0.3) is 0 Å². The Morgan fingerprint density at radius 2 is 1.37 bits per heavy atom. The van der Waals surface area contributed by atoms with Crippen LogP contribution < -0.4 is 5.73 Å². The zero-order chi connectivity index (χ0) is 14.2. The van der Waals surface area contributed by atoms with E-state index in [2.05, 4.69) is 19.1 Å². The summed E-state index contributed by atoms with van der Waals surface area (Å²) in [5, 5.41) is 0. The van der Waals surface area contributed by atoms with Gasteiger partial charge < -0.3 is 5.73 Å². The quantitative estimate of drug-likeness (QED) is 0.250. The van der Waals surface area contributed by atoms with Crippen molar-refractivity contribution in [3.63, 3.8) is 0 Å². The van der Waals surface area contributed by atoms with E-state index >= 15 is 0 Å². The molecule has 0 heterocycles. The van der Waals surface area contributed by atoms with E-state index < -0.39 is 0 Å². The van der Waals surface area contributed by atoms with Gasteiger partial charge in [0.2, 0.25) is 0 Å². The second-order valence-electron chi connectivity index (χ2n) is 5.26. The first kappa shape index (κ1) is 18.8. The predicted octanol–water partition coefficient (Wildman–Crippen LogP) is 5.73. The Hall–Kier alpha value is -0.210. The van der Waals surface area contributed by atoms with Crippen LogP contribution in [0.5, 0.6) is 0 Å². The maximum absolute atomic E-state index is 5.34. The van der Waals surface area contributed by atoms with Crippen LogP contribution in [0.4, 0.5) is 0 Å². The molecule has 0 saturated carbocycles. The van der Waals surface area contributed by atoms with Crippen LogP contribution in [0.1, 0.15) is 84.0 Å². The van der Waals surface area contributed by atoms with Crippen LogP contribution in [-0.4, -0.2) is 4.86 Å². The lowest BCUT2D eigenvalue weighted by molar-refractivity contribution is 0.611. The average Bonchev–Trinajstić information content (AvgIpc) is 2.43. The highest BCUT2D eigenvalue weighted by Crippen LogP contribution is 2.09. The molecule has 2 heteroatoms. The normalized spacial score (nSPS) is 11.3. The highest BCUT2D eigenvalue weighted by molar-refractivity contribution is 7.80. The van der Waals surface area contributed by atoms with Crippen LogP contribution in [0.15, 0.2) is 12.2 Å². The van der Waals surface area contributed by atoms with Crippen molar-refractivity contribution in [2.24, 2.45) is 5.73 Å². The minimum Gasteiger partial charge on any atom is -0.322 e. The molecule has 19 heavy (non-hydrogen) atoms. The molecule has 0 unspecified atom stereocenters. The van der Waals surface area contributed by atoms with Gasteiger partial charge in [0, 0.05) is 4.86 Å². The Kier molecular flexibility index (Phi) is 15.7. The van der Waals surface area contributed by atoms with Crippen molar-refractivity contribution < 1.29 is 0 Å². The van der Waals surface area contributed by atoms with E-state index in [0.29, 0.717) is 0 Å². The minimum absolute atomic E-state index is 0.901. The minimum atomic E-state index is 0.901. The summed E-state index contributed by atoms with van der Waals surface area (Å²) in [4.78, 5) is 0.901. The molecule has 0 rings (SSSR count). The molecule has 0 aliphatic heterocycles. The third-order valence-electron chi connectivity index (χ3n) is 3.37. The van der Waals surface area contributed by atoms with Crippen LogP contribution in [-0.2, 0) is 0 Å². The topological polar surface area (TPSA) is 26.0 Å². The first-order valence-electron chi connectivity index (χ1n) is 8.04. The zero-order valence-electron chi connectivity index (χ0n) is 12.7. The van der Waals surface area contributed by atoms with E-state index in [0.717, 1.165) is 11.3 Å². The van der Waals surface area contributed by atoms with Crippen LogP contribution >= 0.6 is 12.2 Å². The van der Waals surface area contributed by atoms with Gasteiger partial charge in [0.05, 0.1) is 6.54 Å². The molecule has 0 amide bonds. The van der Waals surface area contributed by atoms with E-state index in [1.807, 2.05) is 0 Å². The molecule has 0 fully saturated rings. The molecule has 0 aromatic rings. The first-order valence-corrected chi connectivity index (χ1v) is 8.44. The molecule has 1 nitrogen and oxygen atoms in total. The fourth-order valence-electron chi connectivity index (χ4n) is 2.10. The molecule has 0 aromatic carbocycles. The summed E-state index contributed by atoms with van der Waals surface area (Å²) < 4.78 is 0. The molecular weight excluding hydrogens is 250 g/mol. The van der Waals surface area contributed by atoms with Gasteiger partial charge >= 0.3 is 0 Å². The third-order valence-corrected chi connectivity index (χ3v) is 3.71. The Bertz CT molecular complexity index is 223. The van der Waals surface area contributed by atoms with Crippen LogP contribution in [0.2, 0.25) is 0 Å². The van der Waals surface area contributed by atoms with Crippen molar-refractivity contribution in [2.45, 2.75) is 84.0 Å². The number of unbranched alkanes of at least 4 members (excludes halogenated alkanes) is 9. The summed E-state index contributed by atoms with van der Waals surface area (Å²) >= 11 is 5.05. The first-order chi connectivity index (χ1) is 9.31. The average molecular weight is 283 g/mol. The summed E-state index contributed by atoms with van der Waals surface area (Å²) in [6, 6.07) is 0. The lowest BCUT2D eigenvalue weighted by Crippen LogP contribution is -2.02. The number of hydrogen-bond donors (Lipinski definition) is 1. The smallest absolute Gasteiger partial charge is 0.0560 e. The van der Waals surface area contributed by atoms with Crippen LogP contribution in [0, 0.1) is 6.54 Å². The van der Waals surface area contributed by atoms with E-state index in [-0.39, 0.29) is 0 Å². The second-order valence-corrected chi connectivity index (χ2v) is 5.78. The highest BCUT2D eigenvalue weighted by atomic mass is 32.1. The molecule has 0 bridgehead atoms. The number of allylic oxidation sites excluding steroid dienone is 2. The largest absolute Gasteiger partial charge is 0.322 e. The lowest BCUT2D eigenvalue weighted by atomic mass is 10.1. The maximum Gasteiger partial charge on any atom is 0.0560 e. The van der Waals surface area contributed by atoms with Crippen molar-refractivity contribution in [1.29, 1.82) is 0 Å². The van der Waals surface area contributed by atoms with Crippen molar-refractivity contribution in [3.05, 3.63) is 18.7 Å². The summed E-state index contributed by atoms with van der Waals surface area (Å²) in [5.74, 6) is 0. The SMILES string of the molecule is CCCCCCCC/C=C\CCCCCC(=S)[CH]N. The maximum atomic E-state index is 5.34. The fourth-order valence-corrected chi connectivity index (χ4v) is 2.24. The van der Waals surface area contributed by atoms with Gasteiger partial charge in [0.15, 0.2) is 0 Å². The van der Waals surface area contributed by atoms with E-state index in [9.17, 15) is 0 Å². The Morgan fingerprint density at radius 1 is 0.842 bits per heavy atom. The Morgan fingerprint density at radius 3 is 1.95 bits per heavy atom. The molecule has 0 aromatic heterocycles. The van der Waals surface area contributed by atoms with Crippen molar-refractivity contribution >= 4 is 17.1 Å². The standard InChI is InChI=1S/C17H32NS/c1-2-3-4-5-6-7-8-9-10-11-12-13-14-15-17(19)16-18/h9-10,16H,2-8,11-15,18H2,1H3/b10-9-. The van der Waals surface area contributed by atoms with Gasteiger partial charge in [-0.2, -0.15) is 0 Å². The summed E-state index contributed by atoms with van der Waals surface area (Å²) in [5.41, 5.74) is 5.34. The highest BCUT2D eigenvalue weighted by Gasteiger charge is 1.93. The molecule has 0 atom stereocenters. The summed E-state index contributed by atoms with van der Waals surface area (Å²) in [7, 11) is 0. The summed E-state index contributed by atoms with van der Waals surface area (Å²) in [6.45, 7) is 3.82. The molecule has 0 aliphatic carbocycles. The van der Waals surface area contributed by atoms with Gasteiger partial charge in [-0.1, -0.05) is 69.8 Å². The molecule has 0 spiro atoms. The second kappa shape index (κ2) is 15.8. The molecule has 0 saturated heterocycles. The van der Waals surface area contributed by atoms with Crippen LogP contribution in [0.25, 0.3) is 0 Å². The summed E-state index contributed by atoms with van der Waals surface area (Å²) in [6.07, 6.45) is 20.2. The monoisotopic (exact) mass is 282 g/mol. The van der Waals surface area contributed by atoms with Crippen LogP contribution in [0.3, 0.4) is 0 Å². The Balaban J connectivity index is 3.11. The number of thiocarbonyl (C=S) groups is 1. The van der Waals surface area contributed by atoms with Crippen molar-refractivity contribution in [1.82, 2.24) is 0 Å². The number of nitrogens with two attached hydrogens (primary N) is 1. The van der Waals surface area contributed by atoms with E-state index in [1.165, 1.54) is 70.6 Å². The van der Waals surface area contributed by atoms with E-state index in [4.69, 9.17) is 18.0 Å². The van der Waals surface area contributed by atoms with Gasteiger partial charge in [-0.15, -0.1) is 0 Å². The molecular formula is C17H32NS. The molecule has 2 N–H and O–H groups in total. The van der Waals surface area contributed by atoms with Gasteiger partial charge in [-0.05, 0) is 38.5 Å². The van der Waals surface area contributed by atoms with Gasteiger partial charge in [-0.3, -0.25) is 0 Å². The zero-order valence-corrected chi connectivity index (χ0v) is 13.5. The number of hydrogen-bond acceptors (Lipinski definition) is 2. The van der Waals surface area contributed by atoms with Crippen molar-refractivity contribution in [2.75, 3.05) is 0 Å². The number of rotatable bonds is 14. The van der Waals surface area contributed by atoms with Gasteiger partial charge in [0.1, 0.15) is 0 Å². The predicted molar refractivity (Wildman–Crippen MR) is 91.3 cm³/mol. The molecule has 1 radical (unpaired) electrons. The lowest BCUT2D eigenvalue weighted by Gasteiger charge is -1.99. The Labute approximate surface area is 126 Å². The van der Waals surface area contributed by atoms with E-state index in [1.54, 1.807) is 6.54 Å². The molecule has 111 valence electrons. The fraction of sp³-hybridized carbons (Fsp3) is 0.765. The molecule has 0 aliphatic rings. The van der Waals surface area contributed by atoms with Gasteiger partial charge in [-0.25, -0.2) is 0 Å².